The van der Waals surface area contributed by atoms with Gasteiger partial charge in [-0.2, -0.15) is 10.5 Å². The van der Waals surface area contributed by atoms with Crippen molar-refractivity contribution < 1.29 is 4.74 Å². The van der Waals surface area contributed by atoms with Gasteiger partial charge in [-0.25, -0.2) is 0 Å². The van der Waals surface area contributed by atoms with Gasteiger partial charge in [0.15, 0.2) is 0 Å². The van der Waals surface area contributed by atoms with E-state index in [-0.39, 0.29) is 5.57 Å². The molecule has 5 heteroatoms. The molecule has 0 radical (unpaired) electrons. The average Bonchev–Trinajstić information content (AvgIpc) is 2.84. The molecule has 0 aliphatic heterocycles. The van der Waals surface area contributed by atoms with Crippen LogP contribution < -0.4 is 4.74 Å². The third-order valence-corrected chi connectivity index (χ3v) is 4.36. The number of hydrogen-bond donors (Lipinski definition) is 0. The Bertz CT molecular complexity index is 793. The fraction of sp³-hybridized carbons (Fsp3) is 0.176. The Morgan fingerprint density at radius 3 is 2.64 bits per heavy atom. The first kappa shape index (κ1) is 16.1. The molecule has 3 nitrogen and oxygen atoms in total. The predicted octanol–water partition coefficient (Wildman–Crippen LogP) is 5.03. The minimum atomic E-state index is 0.0993. The van der Waals surface area contributed by atoms with Gasteiger partial charge < -0.3 is 4.74 Å². The van der Waals surface area contributed by atoms with Gasteiger partial charge in [0.1, 0.15) is 30.1 Å². The van der Waals surface area contributed by atoms with E-state index in [1.54, 1.807) is 12.1 Å². The fourth-order valence-corrected chi connectivity index (χ4v) is 3.13. The van der Waals surface area contributed by atoms with E-state index >= 15 is 0 Å². The number of rotatable bonds is 4. The third-order valence-electron chi connectivity index (χ3n) is 3.09. The Labute approximate surface area is 138 Å². The van der Waals surface area contributed by atoms with Gasteiger partial charge in [0.25, 0.3) is 0 Å². The summed E-state index contributed by atoms with van der Waals surface area (Å²) in [5, 5.41) is 18.3. The molecule has 0 aliphatic carbocycles. The first-order valence-electron chi connectivity index (χ1n) is 6.53. The molecule has 0 saturated heterocycles. The molecule has 0 atom stereocenters. The van der Waals surface area contributed by atoms with Crippen molar-refractivity contribution in [2.45, 2.75) is 20.5 Å². The molecule has 2 rings (SSSR count). The number of aryl methyl sites for hydroxylation is 2. The highest BCUT2D eigenvalue weighted by atomic mass is 35.5. The van der Waals surface area contributed by atoms with Crippen molar-refractivity contribution in [3.8, 4) is 17.9 Å². The Hall–Kier alpha value is -2.27. The van der Waals surface area contributed by atoms with Crippen LogP contribution in [0.4, 0.5) is 0 Å². The zero-order chi connectivity index (χ0) is 16.1. The maximum absolute atomic E-state index is 8.80. The Morgan fingerprint density at radius 1 is 1.27 bits per heavy atom. The van der Waals surface area contributed by atoms with Crippen LogP contribution in [0.2, 0.25) is 5.02 Å². The molecule has 1 heterocycles. The van der Waals surface area contributed by atoms with Crippen molar-refractivity contribution in [1.82, 2.24) is 0 Å². The lowest BCUT2D eigenvalue weighted by Gasteiger charge is -2.09. The van der Waals surface area contributed by atoms with Gasteiger partial charge in [-0.1, -0.05) is 11.6 Å². The summed E-state index contributed by atoms with van der Waals surface area (Å²) in [6, 6.07) is 11.2. The second-order valence-corrected chi connectivity index (χ2v) is 6.43. The topological polar surface area (TPSA) is 56.8 Å². The smallest absolute Gasteiger partial charge is 0.131 e. The van der Waals surface area contributed by atoms with Gasteiger partial charge >= 0.3 is 0 Å². The number of allylic oxidation sites excluding steroid dienone is 1. The van der Waals surface area contributed by atoms with E-state index in [1.807, 2.05) is 44.2 Å². The largest absolute Gasteiger partial charge is 0.489 e. The molecule has 0 N–H and O–H groups in total. The van der Waals surface area contributed by atoms with Crippen LogP contribution in [0.1, 0.15) is 20.9 Å². The predicted molar refractivity (Wildman–Crippen MR) is 88.8 cm³/mol. The number of halogens is 1. The minimum Gasteiger partial charge on any atom is -0.489 e. The molecule has 0 bridgehead atoms. The van der Waals surface area contributed by atoms with E-state index in [2.05, 4.69) is 0 Å². The van der Waals surface area contributed by atoms with E-state index in [4.69, 9.17) is 26.9 Å². The van der Waals surface area contributed by atoms with Gasteiger partial charge in [0.05, 0.1) is 0 Å². The van der Waals surface area contributed by atoms with Crippen LogP contribution in [0.15, 0.2) is 29.8 Å². The van der Waals surface area contributed by atoms with Crippen molar-refractivity contribution in [3.63, 3.8) is 0 Å². The van der Waals surface area contributed by atoms with Crippen LogP contribution in [0, 0.1) is 36.5 Å². The third kappa shape index (κ3) is 3.89. The van der Waals surface area contributed by atoms with E-state index < -0.39 is 0 Å². The standard InChI is InChI=1S/C17H13ClN2OS/c1-11-5-15(18)3-4-17(11)21-10-14-7-16(22-12(14)2)6-13(8-19)9-20/h3-7H,10H2,1-2H3. The minimum absolute atomic E-state index is 0.0993. The lowest BCUT2D eigenvalue weighted by molar-refractivity contribution is 0.304. The highest BCUT2D eigenvalue weighted by Crippen LogP contribution is 2.27. The van der Waals surface area contributed by atoms with Gasteiger partial charge in [0.2, 0.25) is 0 Å². The average molecular weight is 329 g/mol. The quantitative estimate of drug-likeness (QED) is 0.740. The molecular weight excluding hydrogens is 316 g/mol. The summed E-state index contributed by atoms with van der Waals surface area (Å²) in [6.45, 7) is 4.38. The summed E-state index contributed by atoms with van der Waals surface area (Å²) >= 11 is 7.46. The molecule has 22 heavy (non-hydrogen) atoms. The number of nitrogens with zero attached hydrogens (tertiary/aromatic N) is 2. The first-order chi connectivity index (χ1) is 10.5. The highest BCUT2D eigenvalue weighted by molar-refractivity contribution is 7.13. The zero-order valence-corrected chi connectivity index (χ0v) is 13.8. The summed E-state index contributed by atoms with van der Waals surface area (Å²) in [5.74, 6) is 0.793. The van der Waals surface area contributed by atoms with Crippen molar-refractivity contribution in [3.05, 3.63) is 55.7 Å². The van der Waals surface area contributed by atoms with Crippen molar-refractivity contribution in [1.29, 1.82) is 10.5 Å². The Kier molecular flexibility index (Phi) is 5.22. The molecule has 0 spiro atoms. The van der Waals surface area contributed by atoms with Crippen LogP contribution in [0.3, 0.4) is 0 Å². The van der Waals surface area contributed by atoms with Gasteiger partial charge in [0, 0.05) is 20.3 Å². The summed E-state index contributed by atoms with van der Waals surface area (Å²) in [7, 11) is 0. The van der Waals surface area contributed by atoms with Gasteiger partial charge in [-0.15, -0.1) is 11.3 Å². The number of benzene rings is 1. The second kappa shape index (κ2) is 7.13. The maximum atomic E-state index is 8.80. The molecule has 2 aromatic rings. The van der Waals surface area contributed by atoms with Crippen LogP contribution in [0.25, 0.3) is 6.08 Å². The van der Waals surface area contributed by atoms with Crippen molar-refractivity contribution in [2.75, 3.05) is 0 Å². The SMILES string of the molecule is Cc1cc(Cl)ccc1OCc1cc(C=C(C#N)C#N)sc1C. The molecule has 0 aliphatic rings. The maximum Gasteiger partial charge on any atom is 0.131 e. The van der Waals surface area contributed by atoms with Crippen molar-refractivity contribution >= 4 is 29.0 Å². The summed E-state index contributed by atoms with van der Waals surface area (Å²) < 4.78 is 5.83. The Morgan fingerprint density at radius 2 is 2.00 bits per heavy atom. The molecule has 0 fully saturated rings. The Balaban J connectivity index is 2.15. The zero-order valence-electron chi connectivity index (χ0n) is 12.2. The molecule has 0 unspecified atom stereocenters. The van der Waals surface area contributed by atoms with Gasteiger partial charge in [-0.3, -0.25) is 0 Å². The van der Waals surface area contributed by atoms with Crippen LogP contribution in [-0.4, -0.2) is 0 Å². The van der Waals surface area contributed by atoms with E-state index in [0.29, 0.717) is 11.6 Å². The number of thiophene rings is 1. The van der Waals surface area contributed by atoms with Crippen LogP contribution in [-0.2, 0) is 6.61 Å². The normalized spacial score (nSPS) is 9.68. The number of nitriles is 2. The molecule has 0 saturated carbocycles. The van der Waals surface area contributed by atoms with E-state index in [9.17, 15) is 0 Å². The lowest BCUT2D eigenvalue weighted by atomic mass is 10.2. The van der Waals surface area contributed by atoms with Crippen molar-refractivity contribution in [2.24, 2.45) is 0 Å². The van der Waals surface area contributed by atoms with Crippen LogP contribution >= 0.6 is 22.9 Å². The molecule has 1 aromatic carbocycles. The van der Waals surface area contributed by atoms with E-state index in [0.717, 1.165) is 26.6 Å². The lowest BCUT2D eigenvalue weighted by Crippen LogP contribution is -1.96. The summed E-state index contributed by atoms with van der Waals surface area (Å²) in [4.78, 5) is 1.98. The number of ether oxygens (including phenoxy) is 1. The molecular formula is C17H13ClN2OS. The molecule has 110 valence electrons. The number of hydrogen-bond acceptors (Lipinski definition) is 4. The van der Waals surface area contributed by atoms with E-state index in [1.165, 1.54) is 11.3 Å². The first-order valence-corrected chi connectivity index (χ1v) is 7.73. The second-order valence-electron chi connectivity index (χ2n) is 4.71. The monoisotopic (exact) mass is 328 g/mol. The van der Waals surface area contributed by atoms with Crippen LogP contribution in [0.5, 0.6) is 5.75 Å². The summed E-state index contributed by atoms with van der Waals surface area (Å²) in [6.07, 6.45) is 1.59. The molecule has 0 amide bonds. The van der Waals surface area contributed by atoms with Gasteiger partial charge in [-0.05, 0) is 49.8 Å². The summed E-state index contributed by atoms with van der Waals surface area (Å²) in [5.41, 5.74) is 2.12. The molecule has 1 aromatic heterocycles. The highest BCUT2D eigenvalue weighted by Gasteiger charge is 2.07. The fourth-order valence-electron chi connectivity index (χ4n) is 1.92.